The summed E-state index contributed by atoms with van der Waals surface area (Å²) in [5, 5.41) is 9.94. The fraction of sp³-hybridized carbons (Fsp3) is 0.692. The zero-order valence-electron chi connectivity index (χ0n) is 10.9. The van der Waals surface area contributed by atoms with Crippen LogP contribution in [0.3, 0.4) is 0 Å². The lowest BCUT2D eigenvalue weighted by Gasteiger charge is -2.16. The molecule has 5 heteroatoms. The number of aryl methyl sites for hydroxylation is 1. The lowest BCUT2D eigenvalue weighted by atomic mass is 9.95. The van der Waals surface area contributed by atoms with Crippen molar-refractivity contribution in [3.05, 3.63) is 11.8 Å². The first-order chi connectivity index (χ1) is 8.74. The van der Waals surface area contributed by atoms with Gasteiger partial charge in [0.1, 0.15) is 0 Å². The summed E-state index contributed by atoms with van der Waals surface area (Å²) in [5.41, 5.74) is 6.76. The molecule has 0 aliphatic heterocycles. The maximum absolute atomic E-state index is 12.1. The van der Waals surface area contributed by atoms with Crippen molar-refractivity contribution in [3.63, 3.8) is 0 Å². The molecule has 1 heterocycles. The number of hydrogen-bond acceptors (Lipinski definition) is 3. The molecule has 100 valence electrons. The molecule has 18 heavy (non-hydrogen) atoms. The van der Waals surface area contributed by atoms with Crippen LogP contribution in [0.1, 0.15) is 38.3 Å². The Morgan fingerprint density at radius 1 is 1.61 bits per heavy atom. The Bertz CT molecular complexity index is 401. The largest absolute Gasteiger partial charge is 0.330 e. The molecular weight excluding hydrogens is 228 g/mol. The van der Waals surface area contributed by atoms with Crippen molar-refractivity contribution in [2.24, 2.45) is 17.6 Å². The first kappa shape index (κ1) is 13.1. The van der Waals surface area contributed by atoms with E-state index in [-0.39, 0.29) is 11.8 Å². The third-order valence-corrected chi connectivity index (χ3v) is 3.70. The molecule has 1 fully saturated rings. The van der Waals surface area contributed by atoms with E-state index in [2.05, 4.69) is 22.4 Å². The molecule has 0 aromatic carbocycles. The van der Waals surface area contributed by atoms with E-state index in [0.29, 0.717) is 18.3 Å². The van der Waals surface area contributed by atoms with Gasteiger partial charge >= 0.3 is 0 Å². The van der Waals surface area contributed by atoms with Crippen LogP contribution in [0, 0.1) is 11.8 Å². The topological polar surface area (TPSA) is 83.8 Å². The maximum Gasteiger partial charge on any atom is 0.229 e. The summed E-state index contributed by atoms with van der Waals surface area (Å²) in [6.45, 7) is 2.71. The highest BCUT2D eigenvalue weighted by atomic mass is 16.2. The van der Waals surface area contributed by atoms with Gasteiger partial charge in [0.05, 0.1) is 0 Å². The van der Waals surface area contributed by atoms with Crippen molar-refractivity contribution >= 4 is 11.7 Å². The summed E-state index contributed by atoms with van der Waals surface area (Å²) in [4.78, 5) is 12.1. The third-order valence-electron chi connectivity index (χ3n) is 3.70. The van der Waals surface area contributed by atoms with E-state index < -0.39 is 0 Å². The molecule has 0 bridgehead atoms. The maximum atomic E-state index is 12.1. The van der Waals surface area contributed by atoms with Gasteiger partial charge in [0.2, 0.25) is 5.91 Å². The Morgan fingerprint density at radius 2 is 2.44 bits per heavy atom. The van der Waals surface area contributed by atoms with E-state index in [0.717, 1.165) is 37.8 Å². The third kappa shape index (κ3) is 2.90. The molecule has 1 aromatic heterocycles. The van der Waals surface area contributed by atoms with Crippen molar-refractivity contribution in [1.29, 1.82) is 0 Å². The second kappa shape index (κ2) is 6.00. The standard InChI is InChI=1S/C13H22N4O/c1-2-4-10-7-12(17-16-10)15-13(18)11-6-3-5-9(11)8-14/h7,9,11H,2-6,8,14H2,1H3,(H2,15,16,17,18). The highest BCUT2D eigenvalue weighted by Crippen LogP contribution is 2.31. The molecule has 1 aromatic rings. The van der Waals surface area contributed by atoms with Crippen molar-refractivity contribution in [1.82, 2.24) is 10.2 Å². The van der Waals surface area contributed by atoms with Crippen LogP contribution < -0.4 is 11.1 Å². The Balaban J connectivity index is 1.93. The Morgan fingerprint density at radius 3 is 3.17 bits per heavy atom. The van der Waals surface area contributed by atoms with Gasteiger partial charge < -0.3 is 11.1 Å². The highest BCUT2D eigenvalue weighted by molar-refractivity contribution is 5.92. The fourth-order valence-corrected chi connectivity index (χ4v) is 2.71. The van der Waals surface area contributed by atoms with E-state index in [1.165, 1.54) is 0 Å². The molecule has 0 spiro atoms. The Hall–Kier alpha value is -1.36. The molecule has 2 atom stereocenters. The summed E-state index contributed by atoms with van der Waals surface area (Å²) < 4.78 is 0. The zero-order chi connectivity index (χ0) is 13.0. The number of H-pyrrole nitrogens is 1. The summed E-state index contributed by atoms with van der Waals surface area (Å²) in [7, 11) is 0. The second-order valence-corrected chi connectivity index (χ2v) is 5.05. The van der Waals surface area contributed by atoms with Gasteiger partial charge in [0, 0.05) is 17.7 Å². The molecule has 0 saturated heterocycles. The van der Waals surface area contributed by atoms with Gasteiger partial charge in [-0.2, -0.15) is 5.10 Å². The minimum atomic E-state index is 0.0568. The van der Waals surface area contributed by atoms with Crippen molar-refractivity contribution < 1.29 is 4.79 Å². The van der Waals surface area contributed by atoms with Gasteiger partial charge in [-0.15, -0.1) is 0 Å². The number of carbonyl (C=O) groups excluding carboxylic acids is 1. The van der Waals surface area contributed by atoms with Crippen LogP contribution >= 0.6 is 0 Å². The number of aromatic nitrogens is 2. The Kier molecular flexibility index (Phi) is 4.36. The number of rotatable bonds is 5. The molecule has 0 radical (unpaired) electrons. The second-order valence-electron chi connectivity index (χ2n) is 5.05. The average Bonchev–Trinajstić information content (AvgIpc) is 2.98. The first-order valence-electron chi connectivity index (χ1n) is 6.79. The smallest absolute Gasteiger partial charge is 0.229 e. The number of nitrogens with two attached hydrogens (primary N) is 1. The SMILES string of the molecule is CCCc1cc(NC(=O)C2CCCC2CN)n[nH]1. The van der Waals surface area contributed by atoms with Crippen molar-refractivity contribution in [2.75, 3.05) is 11.9 Å². The van der Waals surface area contributed by atoms with Gasteiger partial charge in [-0.05, 0) is 31.7 Å². The molecule has 2 unspecified atom stereocenters. The predicted molar refractivity (Wildman–Crippen MR) is 71.1 cm³/mol. The average molecular weight is 250 g/mol. The van der Waals surface area contributed by atoms with Crippen LogP contribution in [0.2, 0.25) is 0 Å². The van der Waals surface area contributed by atoms with Crippen LogP contribution in [0.4, 0.5) is 5.82 Å². The molecule has 2 rings (SSSR count). The number of hydrogen-bond donors (Lipinski definition) is 3. The van der Waals surface area contributed by atoms with Crippen LogP contribution in [-0.2, 0) is 11.2 Å². The number of nitrogens with one attached hydrogen (secondary N) is 2. The van der Waals surface area contributed by atoms with E-state index in [9.17, 15) is 4.79 Å². The summed E-state index contributed by atoms with van der Waals surface area (Å²) in [5.74, 6) is 1.09. The molecular formula is C13H22N4O. The van der Waals surface area contributed by atoms with Gasteiger partial charge in [-0.3, -0.25) is 9.89 Å². The highest BCUT2D eigenvalue weighted by Gasteiger charge is 2.32. The number of anilines is 1. The van der Waals surface area contributed by atoms with E-state index >= 15 is 0 Å². The lowest BCUT2D eigenvalue weighted by Crippen LogP contribution is -2.29. The molecule has 5 nitrogen and oxygen atoms in total. The molecule has 1 amide bonds. The van der Waals surface area contributed by atoms with Gasteiger partial charge in [-0.1, -0.05) is 19.8 Å². The monoisotopic (exact) mass is 250 g/mol. The molecule has 1 aliphatic rings. The van der Waals surface area contributed by atoms with Crippen LogP contribution in [0.25, 0.3) is 0 Å². The summed E-state index contributed by atoms with van der Waals surface area (Å²) in [6.07, 6.45) is 5.13. The van der Waals surface area contributed by atoms with E-state index in [4.69, 9.17) is 5.73 Å². The minimum Gasteiger partial charge on any atom is -0.330 e. The van der Waals surface area contributed by atoms with E-state index in [1.54, 1.807) is 0 Å². The summed E-state index contributed by atoms with van der Waals surface area (Å²) >= 11 is 0. The van der Waals surface area contributed by atoms with Crippen molar-refractivity contribution in [2.45, 2.75) is 39.0 Å². The normalized spacial score (nSPS) is 23.2. The first-order valence-corrected chi connectivity index (χ1v) is 6.79. The summed E-state index contributed by atoms with van der Waals surface area (Å²) in [6, 6.07) is 1.91. The van der Waals surface area contributed by atoms with Crippen LogP contribution in [0.15, 0.2) is 6.07 Å². The van der Waals surface area contributed by atoms with Gasteiger partial charge in [-0.25, -0.2) is 0 Å². The van der Waals surface area contributed by atoms with E-state index in [1.807, 2.05) is 6.07 Å². The number of carbonyl (C=O) groups is 1. The molecule has 1 saturated carbocycles. The Labute approximate surface area is 108 Å². The van der Waals surface area contributed by atoms with Gasteiger partial charge in [0.15, 0.2) is 5.82 Å². The quantitative estimate of drug-likeness (QED) is 0.743. The lowest BCUT2D eigenvalue weighted by molar-refractivity contribution is -0.120. The molecule has 1 aliphatic carbocycles. The predicted octanol–water partition coefficient (Wildman–Crippen LogP) is 1.68. The van der Waals surface area contributed by atoms with Crippen LogP contribution in [0.5, 0.6) is 0 Å². The van der Waals surface area contributed by atoms with Crippen LogP contribution in [-0.4, -0.2) is 22.6 Å². The fourth-order valence-electron chi connectivity index (χ4n) is 2.71. The number of amides is 1. The minimum absolute atomic E-state index is 0.0568. The van der Waals surface area contributed by atoms with Crippen molar-refractivity contribution in [3.8, 4) is 0 Å². The van der Waals surface area contributed by atoms with Gasteiger partial charge in [0.25, 0.3) is 0 Å². The number of nitrogens with zero attached hydrogens (tertiary/aromatic N) is 1. The zero-order valence-corrected chi connectivity index (χ0v) is 10.9. The molecule has 4 N–H and O–H groups in total. The number of aromatic amines is 1.